The average molecular weight is 381 g/mol. The van der Waals surface area contributed by atoms with Crippen LogP contribution >= 0.6 is 0 Å². The molecule has 1 saturated heterocycles. The first-order chi connectivity index (χ1) is 12.7. The second-order valence-electron chi connectivity index (χ2n) is 6.23. The molecule has 0 radical (unpaired) electrons. The Labute approximate surface area is 151 Å². The van der Waals surface area contributed by atoms with E-state index >= 15 is 0 Å². The van der Waals surface area contributed by atoms with Gasteiger partial charge in [0.1, 0.15) is 17.4 Å². The topological polar surface area (TPSA) is 71.1 Å². The van der Waals surface area contributed by atoms with Gasteiger partial charge in [-0.2, -0.15) is 13.2 Å². The summed E-state index contributed by atoms with van der Waals surface area (Å²) in [5.74, 6) is -3.84. The number of nitrogens with zero attached hydrogens (tertiary/aromatic N) is 1. The van der Waals surface area contributed by atoms with Crippen LogP contribution in [0, 0.1) is 18.7 Å². The fourth-order valence-electron chi connectivity index (χ4n) is 2.98. The van der Waals surface area contributed by atoms with Gasteiger partial charge >= 0.3 is 6.18 Å². The second kappa shape index (κ2) is 6.98. The van der Waals surface area contributed by atoms with Crippen molar-refractivity contribution in [2.75, 3.05) is 11.9 Å². The molecule has 1 fully saturated rings. The molecular formula is C18H15F4N3O2. The van der Waals surface area contributed by atoms with Crippen LogP contribution in [-0.2, 0) is 15.8 Å². The van der Waals surface area contributed by atoms with Crippen molar-refractivity contribution in [3.8, 4) is 0 Å². The monoisotopic (exact) mass is 381 g/mol. The number of amides is 2. The zero-order valence-corrected chi connectivity index (χ0v) is 14.1. The zero-order valence-electron chi connectivity index (χ0n) is 14.1. The van der Waals surface area contributed by atoms with Gasteiger partial charge < -0.3 is 10.6 Å². The van der Waals surface area contributed by atoms with Crippen molar-refractivity contribution in [3.63, 3.8) is 0 Å². The molecule has 5 nitrogen and oxygen atoms in total. The Morgan fingerprint density at radius 3 is 2.63 bits per heavy atom. The number of aromatic nitrogens is 1. The Morgan fingerprint density at radius 1 is 1.26 bits per heavy atom. The Bertz CT molecular complexity index is 881. The Morgan fingerprint density at radius 2 is 2.00 bits per heavy atom. The summed E-state index contributed by atoms with van der Waals surface area (Å²) in [6, 6.07) is 6.44. The van der Waals surface area contributed by atoms with E-state index in [0.717, 1.165) is 12.3 Å². The van der Waals surface area contributed by atoms with E-state index in [-0.39, 0.29) is 12.2 Å². The number of carbonyl (C=O) groups is 2. The molecule has 1 aliphatic rings. The van der Waals surface area contributed by atoms with Crippen LogP contribution in [0.5, 0.6) is 0 Å². The Balaban J connectivity index is 1.84. The van der Waals surface area contributed by atoms with E-state index in [9.17, 15) is 27.2 Å². The first-order valence-corrected chi connectivity index (χ1v) is 8.05. The molecule has 2 heterocycles. The zero-order chi connectivity index (χ0) is 19.8. The van der Waals surface area contributed by atoms with Crippen molar-refractivity contribution >= 4 is 17.5 Å². The molecule has 2 aromatic rings. The van der Waals surface area contributed by atoms with Gasteiger partial charge in [-0.05, 0) is 30.2 Å². The molecule has 0 bridgehead atoms. The lowest BCUT2D eigenvalue weighted by Crippen LogP contribution is -2.32. The smallest absolute Gasteiger partial charge is 0.355 e. The van der Waals surface area contributed by atoms with Crippen molar-refractivity contribution < 1.29 is 27.2 Å². The van der Waals surface area contributed by atoms with E-state index < -0.39 is 41.3 Å². The van der Waals surface area contributed by atoms with Crippen LogP contribution in [0.4, 0.5) is 23.2 Å². The first-order valence-electron chi connectivity index (χ1n) is 8.05. The second-order valence-corrected chi connectivity index (χ2v) is 6.23. The third-order valence-corrected chi connectivity index (χ3v) is 4.42. The minimum Gasteiger partial charge on any atom is -0.355 e. The fourth-order valence-corrected chi connectivity index (χ4v) is 2.98. The number of halogens is 4. The molecule has 0 spiro atoms. The standard InChI is InChI=1S/C18H15F4N3O2/c1-9-3-2-4-12(15(9)19)25-17(27)14-11(8-24-16(14)26)10-5-6-13(23-7-10)18(20,21)22/h2-7,11,14H,8H2,1H3,(H,24,26)(H,25,27). The van der Waals surface area contributed by atoms with Crippen molar-refractivity contribution in [2.24, 2.45) is 5.92 Å². The molecule has 3 rings (SSSR count). The minimum atomic E-state index is -4.58. The lowest BCUT2D eigenvalue weighted by Gasteiger charge is -2.18. The molecule has 2 N–H and O–H groups in total. The van der Waals surface area contributed by atoms with Gasteiger partial charge in [-0.1, -0.05) is 18.2 Å². The van der Waals surface area contributed by atoms with Crippen LogP contribution in [0.25, 0.3) is 0 Å². The lowest BCUT2D eigenvalue weighted by molar-refractivity contribution is -0.141. The predicted octanol–water partition coefficient (Wildman–Crippen LogP) is 3.02. The predicted molar refractivity (Wildman–Crippen MR) is 88.2 cm³/mol. The van der Waals surface area contributed by atoms with Crippen LogP contribution in [0.3, 0.4) is 0 Å². The van der Waals surface area contributed by atoms with Crippen molar-refractivity contribution in [2.45, 2.75) is 19.0 Å². The molecule has 1 aliphatic heterocycles. The molecule has 27 heavy (non-hydrogen) atoms. The Hall–Kier alpha value is -2.97. The van der Waals surface area contributed by atoms with E-state index in [2.05, 4.69) is 15.6 Å². The number of carbonyl (C=O) groups excluding carboxylic acids is 2. The number of nitrogens with one attached hydrogen (secondary N) is 2. The van der Waals surface area contributed by atoms with Crippen molar-refractivity contribution in [1.82, 2.24) is 10.3 Å². The third-order valence-electron chi connectivity index (χ3n) is 4.42. The summed E-state index contributed by atoms with van der Waals surface area (Å²) in [6.07, 6.45) is -3.58. The van der Waals surface area contributed by atoms with Crippen molar-refractivity contribution in [1.29, 1.82) is 0 Å². The van der Waals surface area contributed by atoms with Gasteiger partial charge in [0, 0.05) is 18.7 Å². The van der Waals surface area contributed by atoms with Gasteiger partial charge in [0.15, 0.2) is 0 Å². The highest BCUT2D eigenvalue weighted by molar-refractivity contribution is 6.08. The van der Waals surface area contributed by atoms with E-state index in [1.807, 2.05) is 0 Å². The van der Waals surface area contributed by atoms with Gasteiger partial charge in [-0.25, -0.2) is 4.39 Å². The van der Waals surface area contributed by atoms with E-state index in [1.54, 1.807) is 6.07 Å². The van der Waals surface area contributed by atoms with Crippen LogP contribution in [0.2, 0.25) is 0 Å². The Kier molecular flexibility index (Phi) is 4.86. The first kappa shape index (κ1) is 18.8. The molecule has 2 unspecified atom stereocenters. The summed E-state index contributed by atoms with van der Waals surface area (Å²) in [7, 11) is 0. The molecule has 1 aromatic carbocycles. The molecule has 0 saturated carbocycles. The lowest BCUT2D eigenvalue weighted by atomic mass is 9.88. The van der Waals surface area contributed by atoms with Gasteiger partial charge in [-0.15, -0.1) is 0 Å². The minimum absolute atomic E-state index is 0.0657. The number of anilines is 1. The van der Waals surface area contributed by atoms with E-state index in [0.29, 0.717) is 11.1 Å². The van der Waals surface area contributed by atoms with Crippen LogP contribution < -0.4 is 10.6 Å². The largest absolute Gasteiger partial charge is 0.433 e. The maximum atomic E-state index is 14.1. The summed E-state index contributed by atoms with van der Waals surface area (Å²) in [5, 5.41) is 4.90. The van der Waals surface area contributed by atoms with Crippen molar-refractivity contribution in [3.05, 3.63) is 59.2 Å². The number of alkyl halides is 3. The van der Waals surface area contributed by atoms with E-state index in [4.69, 9.17) is 0 Å². The number of hydrogen-bond acceptors (Lipinski definition) is 3. The number of benzene rings is 1. The summed E-state index contributed by atoms with van der Waals surface area (Å²) in [6.45, 7) is 1.60. The number of hydrogen-bond donors (Lipinski definition) is 2. The molecule has 2 atom stereocenters. The fraction of sp³-hybridized carbons (Fsp3) is 0.278. The maximum absolute atomic E-state index is 14.1. The maximum Gasteiger partial charge on any atom is 0.433 e. The van der Waals surface area contributed by atoms with Crippen LogP contribution in [0.15, 0.2) is 36.5 Å². The SMILES string of the molecule is Cc1cccc(NC(=O)C2C(=O)NCC2c2ccc(C(F)(F)F)nc2)c1F. The molecule has 9 heteroatoms. The molecular weight excluding hydrogens is 366 g/mol. The molecule has 1 aromatic heterocycles. The highest BCUT2D eigenvalue weighted by Gasteiger charge is 2.42. The number of pyridine rings is 1. The summed E-state index contributed by atoms with van der Waals surface area (Å²) in [5.41, 5.74) is -0.492. The number of aryl methyl sites for hydroxylation is 1. The van der Waals surface area contributed by atoms with Gasteiger partial charge in [0.25, 0.3) is 0 Å². The average Bonchev–Trinajstić information content (AvgIpc) is 3.00. The number of rotatable bonds is 3. The van der Waals surface area contributed by atoms with Gasteiger partial charge in [-0.3, -0.25) is 14.6 Å². The van der Waals surface area contributed by atoms with Crippen LogP contribution in [0.1, 0.15) is 22.7 Å². The van der Waals surface area contributed by atoms with Crippen LogP contribution in [-0.4, -0.2) is 23.3 Å². The van der Waals surface area contributed by atoms with E-state index in [1.165, 1.54) is 25.1 Å². The molecule has 0 aliphatic carbocycles. The van der Waals surface area contributed by atoms with Gasteiger partial charge in [0.05, 0.1) is 5.69 Å². The summed E-state index contributed by atoms with van der Waals surface area (Å²) < 4.78 is 52.0. The highest BCUT2D eigenvalue weighted by Crippen LogP contribution is 2.32. The molecule has 2 amide bonds. The summed E-state index contributed by atoms with van der Waals surface area (Å²) in [4.78, 5) is 28.0. The normalized spacial score (nSPS) is 19.7. The quantitative estimate of drug-likeness (QED) is 0.634. The van der Waals surface area contributed by atoms with Gasteiger partial charge in [0.2, 0.25) is 11.8 Å². The molecule has 142 valence electrons. The summed E-state index contributed by atoms with van der Waals surface area (Å²) >= 11 is 0. The third kappa shape index (κ3) is 3.76. The highest BCUT2D eigenvalue weighted by atomic mass is 19.4.